The Bertz CT molecular complexity index is 163. The number of amides is 1. The van der Waals surface area contributed by atoms with Crippen LogP contribution in [0.1, 0.15) is 0 Å². The highest BCUT2D eigenvalue weighted by molar-refractivity contribution is 6.18. The maximum Gasteiger partial charge on any atom is 0.433 e. The summed E-state index contributed by atoms with van der Waals surface area (Å²) >= 11 is 5.35. The number of carbonyl (C=O) groups excluding carboxylic acids is 1. The quantitative estimate of drug-likeness (QED) is 0.447. The first-order valence-electron chi connectivity index (χ1n) is 2.65. The predicted molar refractivity (Wildman–Crippen MR) is 33.5 cm³/mol. The second kappa shape index (κ2) is 2.83. The van der Waals surface area contributed by atoms with Crippen LogP contribution in [0.15, 0.2) is 5.29 Å². The van der Waals surface area contributed by atoms with E-state index in [9.17, 15) is 9.70 Å². The molecule has 56 valence electrons. The monoisotopic (exact) mass is 164 g/mol. The Kier molecular flexibility index (Phi) is 2.06. The van der Waals surface area contributed by atoms with Gasteiger partial charge in [0, 0.05) is 0 Å². The van der Waals surface area contributed by atoms with Gasteiger partial charge in [0.1, 0.15) is 6.10 Å². The van der Waals surface area contributed by atoms with Crippen LogP contribution in [0.2, 0.25) is 0 Å². The normalized spacial score (nSPS) is 24.7. The minimum Gasteiger partial charge on any atom is -0.442 e. The molecular weight excluding hydrogens is 160 g/mol. The van der Waals surface area contributed by atoms with Gasteiger partial charge in [0.05, 0.1) is 17.7 Å². The molecule has 1 amide bonds. The van der Waals surface area contributed by atoms with Gasteiger partial charge in [0.25, 0.3) is 0 Å². The number of cyclic esters (lactones) is 1. The molecule has 0 radical (unpaired) electrons. The summed E-state index contributed by atoms with van der Waals surface area (Å²) in [7, 11) is 0. The van der Waals surface area contributed by atoms with E-state index >= 15 is 0 Å². The molecule has 0 aromatic heterocycles. The Hall–Kier alpha value is -0.840. The summed E-state index contributed by atoms with van der Waals surface area (Å²) in [5.41, 5.74) is 0. The van der Waals surface area contributed by atoms with Crippen molar-refractivity contribution in [3.8, 4) is 0 Å². The van der Waals surface area contributed by atoms with Gasteiger partial charge in [0.2, 0.25) is 0 Å². The molecular formula is C4H5ClN2O3. The van der Waals surface area contributed by atoms with E-state index in [0.717, 1.165) is 0 Å². The summed E-state index contributed by atoms with van der Waals surface area (Å²) in [4.78, 5) is 20.3. The zero-order chi connectivity index (χ0) is 7.56. The molecule has 0 saturated carbocycles. The van der Waals surface area contributed by atoms with Crippen molar-refractivity contribution in [2.24, 2.45) is 5.29 Å². The first kappa shape index (κ1) is 7.27. The van der Waals surface area contributed by atoms with Crippen LogP contribution < -0.4 is 0 Å². The number of ether oxygens (including phenoxy) is 1. The number of hydrogen-bond acceptors (Lipinski definition) is 4. The van der Waals surface area contributed by atoms with Crippen LogP contribution in [0.5, 0.6) is 0 Å². The Balaban J connectivity index is 2.52. The molecule has 5 nitrogen and oxygen atoms in total. The molecule has 1 atom stereocenters. The van der Waals surface area contributed by atoms with E-state index in [1.807, 2.05) is 0 Å². The fourth-order valence-corrected chi connectivity index (χ4v) is 0.816. The fourth-order valence-electron chi connectivity index (χ4n) is 0.655. The van der Waals surface area contributed by atoms with E-state index < -0.39 is 12.2 Å². The number of carbonyl (C=O) groups is 1. The van der Waals surface area contributed by atoms with Crippen LogP contribution in [0.3, 0.4) is 0 Å². The largest absolute Gasteiger partial charge is 0.442 e. The van der Waals surface area contributed by atoms with Gasteiger partial charge in [-0.05, 0) is 0 Å². The van der Waals surface area contributed by atoms with E-state index in [1.54, 1.807) is 0 Å². The molecule has 0 aromatic rings. The lowest BCUT2D eigenvalue weighted by Gasteiger charge is -1.97. The summed E-state index contributed by atoms with van der Waals surface area (Å²) in [6.45, 7) is 0.159. The van der Waals surface area contributed by atoms with Crippen LogP contribution in [-0.2, 0) is 4.74 Å². The second-order valence-electron chi connectivity index (χ2n) is 1.82. The molecule has 1 unspecified atom stereocenters. The van der Waals surface area contributed by atoms with Crippen LogP contribution >= 0.6 is 11.6 Å². The van der Waals surface area contributed by atoms with Crippen molar-refractivity contribution in [2.75, 3.05) is 12.4 Å². The van der Waals surface area contributed by atoms with Crippen molar-refractivity contribution in [3.63, 3.8) is 0 Å². The van der Waals surface area contributed by atoms with E-state index in [1.165, 1.54) is 0 Å². The van der Waals surface area contributed by atoms with E-state index in [2.05, 4.69) is 10.0 Å². The summed E-state index contributed by atoms with van der Waals surface area (Å²) in [6, 6.07) is 0. The smallest absolute Gasteiger partial charge is 0.433 e. The molecule has 0 aliphatic carbocycles. The lowest BCUT2D eigenvalue weighted by atomic mass is 10.4. The van der Waals surface area contributed by atoms with Crippen molar-refractivity contribution in [1.82, 2.24) is 5.01 Å². The molecule has 10 heavy (non-hydrogen) atoms. The van der Waals surface area contributed by atoms with Crippen LogP contribution in [0.25, 0.3) is 0 Å². The SMILES string of the molecule is O=NN1CC(CCl)OC1=O. The number of alkyl halides is 1. The molecule has 1 saturated heterocycles. The third-order valence-electron chi connectivity index (χ3n) is 1.13. The Labute approximate surface area is 61.8 Å². The summed E-state index contributed by atoms with van der Waals surface area (Å²) in [5.74, 6) is 0.192. The maximum absolute atomic E-state index is 10.5. The molecule has 6 heteroatoms. The summed E-state index contributed by atoms with van der Waals surface area (Å²) in [5, 5.41) is 3.12. The van der Waals surface area contributed by atoms with Crippen LogP contribution in [0.4, 0.5) is 4.79 Å². The lowest BCUT2D eigenvalue weighted by molar-refractivity contribution is 0.139. The Morgan fingerprint density at radius 2 is 2.60 bits per heavy atom. The Morgan fingerprint density at radius 3 is 2.90 bits per heavy atom. The topological polar surface area (TPSA) is 59.0 Å². The van der Waals surface area contributed by atoms with Gasteiger partial charge >= 0.3 is 6.09 Å². The van der Waals surface area contributed by atoms with E-state index in [-0.39, 0.29) is 12.4 Å². The maximum atomic E-state index is 10.5. The number of halogens is 1. The van der Waals surface area contributed by atoms with Gasteiger partial charge in [-0.2, -0.15) is 5.01 Å². The van der Waals surface area contributed by atoms with Gasteiger partial charge in [-0.3, -0.25) is 0 Å². The zero-order valence-corrected chi connectivity index (χ0v) is 5.74. The highest BCUT2D eigenvalue weighted by atomic mass is 35.5. The molecule has 1 rings (SSSR count). The van der Waals surface area contributed by atoms with Gasteiger partial charge in [-0.25, -0.2) is 4.79 Å². The van der Waals surface area contributed by atoms with Crippen molar-refractivity contribution in [1.29, 1.82) is 0 Å². The fraction of sp³-hybridized carbons (Fsp3) is 0.750. The second-order valence-corrected chi connectivity index (χ2v) is 2.13. The molecule has 0 aromatic carbocycles. The summed E-state index contributed by atoms with van der Waals surface area (Å²) < 4.78 is 4.58. The average molecular weight is 165 g/mol. The third-order valence-corrected chi connectivity index (χ3v) is 1.47. The first-order valence-corrected chi connectivity index (χ1v) is 3.18. The number of rotatable bonds is 2. The average Bonchev–Trinajstić information content (AvgIpc) is 2.30. The minimum absolute atomic E-state index is 0.159. The number of nitroso groups, excluding NO2 is 1. The van der Waals surface area contributed by atoms with Crippen molar-refractivity contribution >= 4 is 17.7 Å². The molecule has 1 fully saturated rings. The lowest BCUT2D eigenvalue weighted by Crippen LogP contribution is -2.18. The van der Waals surface area contributed by atoms with Gasteiger partial charge < -0.3 is 4.74 Å². The van der Waals surface area contributed by atoms with E-state index in [4.69, 9.17) is 11.6 Å². The molecule has 1 heterocycles. The minimum atomic E-state index is -0.722. The number of nitrogens with zero attached hydrogens (tertiary/aromatic N) is 2. The van der Waals surface area contributed by atoms with Gasteiger partial charge in [-0.15, -0.1) is 16.5 Å². The molecule has 1 aliphatic rings. The molecule has 1 aliphatic heterocycles. The van der Waals surface area contributed by atoms with Crippen molar-refractivity contribution < 1.29 is 9.53 Å². The molecule has 0 spiro atoms. The first-order chi connectivity index (χ1) is 4.77. The zero-order valence-electron chi connectivity index (χ0n) is 4.99. The van der Waals surface area contributed by atoms with Crippen LogP contribution in [-0.4, -0.2) is 29.6 Å². The van der Waals surface area contributed by atoms with Gasteiger partial charge in [-0.1, -0.05) is 0 Å². The standard InChI is InChI=1S/C4H5ClN2O3/c5-1-3-2-7(6-9)4(8)10-3/h3H,1-2H2. The highest BCUT2D eigenvalue weighted by Crippen LogP contribution is 2.11. The number of hydrogen-bond donors (Lipinski definition) is 0. The van der Waals surface area contributed by atoms with Crippen molar-refractivity contribution in [2.45, 2.75) is 6.10 Å². The van der Waals surface area contributed by atoms with Crippen molar-refractivity contribution in [3.05, 3.63) is 4.91 Å². The predicted octanol–water partition coefficient (Wildman–Crippen LogP) is 0.727. The van der Waals surface area contributed by atoms with Gasteiger partial charge in [0.15, 0.2) is 0 Å². The summed E-state index contributed by atoms with van der Waals surface area (Å²) in [6.07, 6.45) is -1.12. The third kappa shape index (κ3) is 1.18. The van der Waals surface area contributed by atoms with Crippen LogP contribution in [0, 0.1) is 4.91 Å². The Morgan fingerprint density at radius 1 is 1.90 bits per heavy atom. The molecule has 0 bridgehead atoms. The van der Waals surface area contributed by atoms with E-state index in [0.29, 0.717) is 5.01 Å². The molecule has 0 N–H and O–H groups in total. The highest BCUT2D eigenvalue weighted by Gasteiger charge is 2.31.